The normalized spacial score (nSPS) is 13.9. The quantitative estimate of drug-likeness (QED) is 0.540. The molecule has 0 atom stereocenters. The number of nitrogen functional groups attached to an aromatic ring is 1. The first-order valence-electron chi connectivity index (χ1n) is 9.05. The Morgan fingerprint density at radius 3 is 2.89 bits per heavy atom. The maximum Gasteiger partial charge on any atom is 0.339 e. The number of fused-ring (bicyclic) bond motifs is 2. The number of carbonyl (C=O) groups is 1. The zero-order valence-electron chi connectivity index (χ0n) is 15.2. The number of pyridine rings is 1. The van der Waals surface area contributed by atoms with E-state index in [9.17, 15) is 4.79 Å². The van der Waals surface area contributed by atoms with Crippen LogP contribution in [0.4, 0.5) is 5.82 Å². The fourth-order valence-electron chi connectivity index (χ4n) is 3.29. The lowest BCUT2D eigenvalue weighted by atomic mass is 10.1. The van der Waals surface area contributed by atoms with E-state index in [4.69, 9.17) is 15.0 Å². The number of ether oxygens (including phenoxy) is 1. The van der Waals surface area contributed by atoms with Crippen LogP contribution in [0.5, 0.6) is 0 Å². The lowest BCUT2D eigenvalue weighted by molar-refractivity contribution is 0.0464. The number of nitrogens with two attached hydrogens (primary N) is 1. The minimum atomic E-state index is -0.490. The fourth-order valence-corrected chi connectivity index (χ4v) is 3.29. The second-order valence-corrected chi connectivity index (χ2v) is 6.94. The molecule has 3 aromatic heterocycles. The van der Waals surface area contributed by atoms with E-state index in [1.54, 1.807) is 13.0 Å². The molecule has 0 amide bonds. The molecule has 4 aromatic rings. The Kier molecular flexibility index (Phi) is 3.71. The SMILES string of the molecule is Cc1noc2nc(C3CC3)cc(C(=O)OCc3nc(N)c4ccccc4n3)c12. The van der Waals surface area contributed by atoms with Crippen molar-refractivity contribution in [2.45, 2.75) is 32.3 Å². The molecule has 3 heterocycles. The van der Waals surface area contributed by atoms with Crippen molar-refractivity contribution in [3.05, 3.63) is 53.1 Å². The van der Waals surface area contributed by atoms with Gasteiger partial charge in [0.1, 0.15) is 5.82 Å². The van der Waals surface area contributed by atoms with Crippen molar-refractivity contribution in [2.24, 2.45) is 0 Å². The van der Waals surface area contributed by atoms with Gasteiger partial charge in [0.15, 0.2) is 12.4 Å². The van der Waals surface area contributed by atoms with Gasteiger partial charge in [0, 0.05) is 17.0 Å². The Bertz CT molecular complexity index is 1230. The second-order valence-electron chi connectivity index (χ2n) is 6.94. The summed E-state index contributed by atoms with van der Waals surface area (Å²) in [5.41, 5.74) is 8.90. The highest BCUT2D eigenvalue weighted by Crippen LogP contribution is 2.40. The summed E-state index contributed by atoms with van der Waals surface area (Å²) in [5.74, 6) is 0.578. The molecular weight excluding hydrogens is 358 g/mol. The van der Waals surface area contributed by atoms with Crippen molar-refractivity contribution in [2.75, 3.05) is 5.73 Å². The molecule has 5 rings (SSSR count). The van der Waals surface area contributed by atoms with Crippen LogP contribution in [-0.2, 0) is 11.3 Å². The van der Waals surface area contributed by atoms with E-state index in [1.165, 1.54) is 0 Å². The van der Waals surface area contributed by atoms with Crippen LogP contribution >= 0.6 is 0 Å². The van der Waals surface area contributed by atoms with Crippen molar-refractivity contribution in [1.29, 1.82) is 0 Å². The number of carbonyl (C=O) groups excluding carboxylic acids is 1. The van der Waals surface area contributed by atoms with Crippen molar-refractivity contribution in [1.82, 2.24) is 20.1 Å². The average molecular weight is 375 g/mol. The minimum Gasteiger partial charge on any atom is -0.454 e. The van der Waals surface area contributed by atoms with Gasteiger partial charge in [0.25, 0.3) is 5.71 Å². The van der Waals surface area contributed by atoms with E-state index >= 15 is 0 Å². The van der Waals surface area contributed by atoms with Gasteiger partial charge in [-0.05, 0) is 38.0 Å². The summed E-state index contributed by atoms with van der Waals surface area (Å²) < 4.78 is 10.8. The highest BCUT2D eigenvalue weighted by molar-refractivity contribution is 6.03. The average Bonchev–Trinajstić information content (AvgIpc) is 3.49. The van der Waals surface area contributed by atoms with Crippen LogP contribution in [0, 0.1) is 6.92 Å². The van der Waals surface area contributed by atoms with Crippen molar-refractivity contribution >= 4 is 33.8 Å². The molecule has 0 saturated heterocycles. The van der Waals surface area contributed by atoms with E-state index in [-0.39, 0.29) is 6.61 Å². The number of para-hydroxylation sites is 1. The molecule has 28 heavy (non-hydrogen) atoms. The minimum absolute atomic E-state index is 0.0826. The highest BCUT2D eigenvalue weighted by atomic mass is 16.5. The number of hydrogen-bond acceptors (Lipinski definition) is 8. The number of hydrogen-bond donors (Lipinski definition) is 1. The predicted octanol–water partition coefficient (Wildman–Crippen LogP) is 3.29. The van der Waals surface area contributed by atoms with E-state index in [1.807, 2.05) is 24.3 Å². The molecule has 1 fully saturated rings. The van der Waals surface area contributed by atoms with Crippen LogP contribution in [0.1, 0.15) is 46.3 Å². The number of esters is 1. The number of rotatable bonds is 4. The largest absolute Gasteiger partial charge is 0.454 e. The van der Waals surface area contributed by atoms with Crippen LogP contribution in [-0.4, -0.2) is 26.1 Å². The summed E-state index contributed by atoms with van der Waals surface area (Å²) in [4.78, 5) is 26.0. The van der Waals surface area contributed by atoms with Gasteiger partial charge in [-0.2, -0.15) is 0 Å². The molecule has 1 aliphatic carbocycles. The van der Waals surface area contributed by atoms with Gasteiger partial charge in [0.2, 0.25) is 0 Å². The Morgan fingerprint density at radius 2 is 2.07 bits per heavy atom. The van der Waals surface area contributed by atoms with E-state index in [2.05, 4.69) is 20.1 Å². The van der Waals surface area contributed by atoms with Gasteiger partial charge in [-0.25, -0.2) is 19.7 Å². The Balaban J connectivity index is 1.45. The smallest absolute Gasteiger partial charge is 0.339 e. The first-order chi connectivity index (χ1) is 13.6. The molecule has 0 aliphatic heterocycles. The summed E-state index contributed by atoms with van der Waals surface area (Å²) >= 11 is 0. The van der Waals surface area contributed by atoms with Crippen LogP contribution in [0.2, 0.25) is 0 Å². The van der Waals surface area contributed by atoms with Crippen molar-refractivity contribution in [3.63, 3.8) is 0 Å². The lowest BCUT2D eigenvalue weighted by Crippen LogP contribution is -2.10. The maximum atomic E-state index is 12.8. The summed E-state index contributed by atoms with van der Waals surface area (Å²) in [6.07, 6.45) is 2.12. The monoisotopic (exact) mass is 375 g/mol. The molecule has 8 heteroatoms. The second kappa shape index (κ2) is 6.26. The standard InChI is InChI=1S/C20H17N5O3/c1-10-17-13(8-15(11-6-7-11)23-19(17)28-25-10)20(26)27-9-16-22-14-5-3-2-4-12(14)18(21)24-16/h2-5,8,11H,6-7,9H2,1H3,(H2,21,22,24). The molecule has 0 bridgehead atoms. The molecule has 8 nitrogen and oxygen atoms in total. The van der Waals surface area contributed by atoms with Crippen LogP contribution in [0.3, 0.4) is 0 Å². The first-order valence-corrected chi connectivity index (χ1v) is 9.05. The van der Waals surface area contributed by atoms with Gasteiger partial charge in [-0.15, -0.1) is 0 Å². The van der Waals surface area contributed by atoms with E-state index in [0.29, 0.717) is 45.4 Å². The number of anilines is 1. The molecule has 1 aliphatic rings. The fraction of sp³-hybridized carbons (Fsp3) is 0.250. The Labute approximate surface area is 159 Å². The van der Waals surface area contributed by atoms with Crippen LogP contribution < -0.4 is 5.73 Å². The van der Waals surface area contributed by atoms with Gasteiger partial charge >= 0.3 is 5.97 Å². The molecular formula is C20H17N5O3. The van der Waals surface area contributed by atoms with Gasteiger partial charge in [-0.1, -0.05) is 17.3 Å². The number of aromatic nitrogens is 4. The third-order valence-electron chi connectivity index (χ3n) is 4.86. The molecule has 0 spiro atoms. The predicted molar refractivity (Wildman–Crippen MR) is 102 cm³/mol. The van der Waals surface area contributed by atoms with Crippen LogP contribution in [0.25, 0.3) is 22.0 Å². The molecule has 1 saturated carbocycles. The molecule has 140 valence electrons. The van der Waals surface area contributed by atoms with Crippen molar-refractivity contribution < 1.29 is 14.1 Å². The van der Waals surface area contributed by atoms with Gasteiger partial charge in [-0.3, -0.25) is 0 Å². The molecule has 2 N–H and O–H groups in total. The number of nitrogens with zero attached hydrogens (tertiary/aromatic N) is 4. The molecule has 0 unspecified atom stereocenters. The number of benzene rings is 1. The van der Waals surface area contributed by atoms with E-state index in [0.717, 1.165) is 23.9 Å². The summed E-state index contributed by atoms with van der Waals surface area (Å²) in [6.45, 7) is 1.69. The molecule has 1 aromatic carbocycles. The van der Waals surface area contributed by atoms with Crippen LogP contribution in [0.15, 0.2) is 34.9 Å². The summed E-state index contributed by atoms with van der Waals surface area (Å²) in [7, 11) is 0. The lowest BCUT2D eigenvalue weighted by Gasteiger charge is -2.08. The third kappa shape index (κ3) is 2.83. The number of aryl methyl sites for hydroxylation is 1. The Hall–Kier alpha value is -3.55. The zero-order chi connectivity index (χ0) is 19.3. The Morgan fingerprint density at radius 1 is 1.25 bits per heavy atom. The first kappa shape index (κ1) is 16.6. The summed E-state index contributed by atoms with van der Waals surface area (Å²) in [6, 6.07) is 9.21. The van der Waals surface area contributed by atoms with Gasteiger partial charge < -0.3 is 15.0 Å². The topological polar surface area (TPSA) is 117 Å². The highest BCUT2D eigenvalue weighted by Gasteiger charge is 2.29. The van der Waals surface area contributed by atoms with Gasteiger partial charge in [0.05, 0.1) is 22.2 Å². The summed E-state index contributed by atoms with van der Waals surface area (Å²) in [5, 5.41) is 5.28. The maximum absolute atomic E-state index is 12.8. The van der Waals surface area contributed by atoms with Crippen molar-refractivity contribution in [3.8, 4) is 0 Å². The third-order valence-corrected chi connectivity index (χ3v) is 4.86. The zero-order valence-corrected chi connectivity index (χ0v) is 15.2. The van der Waals surface area contributed by atoms with E-state index < -0.39 is 5.97 Å². The molecule has 0 radical (unpaired) electrons.